The summed E-state index contributed by atoms with van der Waals surface area (Å²) in [5.74, 6) is -0.0860. The number of rotatable bonds is 8. The van der Waals surface area contributed by atoms with Crippen LogP contribution in [0, 0.1) is 6.92 Å². The SMILES string of the molecule is COC(=O)CCN(CC(C)O)C(=O)COc1ccc(C)cc1. The normalized spacial score (nSPS) is 11.6. The molecule has 1 amide bonds. The largest absolute Gasteiger partial charge is 0.484 e. The molecule has 122 valence electrons. The highest BCUT2D eigenvalue weighted by molar-refractivity contribution is 5.78. The van der Waals surface area contributed by atoms with Gasteiger partial charge in [0.05, 0.1) is 19.6 Å². The van der Waals surface area contributed by atoms with Crippen LogP contribution in [0.25, 0.3) is 0 Å². The third kappa shape index (κ3) is 6.58. The number of carbonyl (C=O) groups excluding carboxylic acids is 2. The van der Waals surface area contributed by atoms with E-state index in [9.17, 15) is 14.7 Å². The zero-order valence-electron chi connectivity index (χ0n) is 13.2. The molecule has 0 aromatic heterocycles. The van der Waals surface area contributed by atoms with Crippen LogP contribution in [0.15, 0.2) is 24.3 Å². The van der Waals surface area contributed by atoms with Crippen LogP contribution in [0.5, 0.6) is 5.75 Å². The van der Waals surface area contributed by atoms with Gasteiger partial charge in [-0.15, -0.1) is 0 Å². The highest BCUT2D eigenvalue weighted by Crippen LogP contribution is 2.11. The second-order valence-corrected chi connectivity index (χ2v) is 5.12. The monoisotopic (exact) mass is 309 g/mol. The molecular weight excluding hydrogens is 286 g/mol. The van der Waals surface area contributed by atoms with Crippen LogP contribution in [0.4, 0.5) is 0 Å². The second-order valence-electron chi connectivity index (χ2n) is 5.12. The minimum Gasteiger partial charge on any atom is -0.484 e. The zero-order valence-corrected chi connectivity index (χ0v) is 13.2. The number of nitrogens with zero attached hydrogens (tertiary/aromatic N) is 1. The molecule has 6 heteroatoms. The molecule has 22 heavy (non-hydrogen) atoms. The molecule has 0 spiro atoms. The highest BCUT2D eigenvalue weighted by Gasteiger charge is 2.17. The first kappa shape index (κ1) is 18.0. The van der Waals surface area contributed by atoms with E-state index in [0.29, 0.717) is 5.75 Å². The third-order valence-corrected chi connectivity index (χ3v) is 3.03. The van der Waals surface area contributed by atoms with E-state index in [4.69, 9.17) is 4.74 Å². The molecule has 0 aliphatic heterocycles. The average Bonchev–Trinajstić information content (AvgIpc) is 2.49. The van der Waals surface area contributed by atoms with E-state index >= 15 is 0 Å². The molecule has 6 nitrogen and oxygen atoms in total. The molecule has 0 aliphatic rings. The molecule has 1 rings (SSSR count). The van der Waals surface area contributed by atoms with Crippen molar-refractivity contribution in [1.82, 2.24) is 4.90 Å². The van der Waals surface area contributed by atoms with E-state index in [-0.39, 0.29) is 32.0 Å². The first-order valence-electron chi connectivity index (χ1n) is 7.14. The molecule has 1 atom stereocenters. The molecule has 0 bridgehead atoms. The Balaban J connectivity index is 2.54. The van der Waals surface area contributed by atoms with E-state index < -0.39 is 12.1 Å². The van der Waals surface area contributed by atoms with Gasteiger partial charge in [0.15, 0.2) is 6.61 Å². The Hall–Kier alpha value is -2.08. The number of aliphatic hydroxyl groups excluding tert-OH is 1. The van der Waals surface area contributed by atoms with E-state index in [2.05, 4.69) is 4.74 Å². The van der Waals surface area contributed by atoms with Crippen LogP contribution < -0.4 is 4.74 Å². The predicted molar refractivity (Wildman–Crippen MR) is 81.6 cm³/mol. The smallest absolute Gasteiger partial charge is 0.307 e. The fraction of sp³-hybridized carbons (Fsp3) is 0.500. The first-order chi connectivity index (χ1) is 10.4. The summed E-state index contributed by atoms with van der Waals surface area (Å²) in [5, 5.41) is 9.46. The van der Waals surface area contributed by atoms with Gasteiger partial charge in [0.2, 0.25) is 0 Å². The van der Waals surface area contributed by atoms with Gasteiger partial charge in [-0.25, -0.2) is 0 Å². The van der Waals surface area contributed by atoms with Crippen LogP contribution in [0.3, 0.4) is 0 Å². The zero-order chi connectivity index (χ0) is 16.5. The van der Waals surface area contributed by atoms with Crippen molar-refractivity contribution < 1.29 is 24.2 Å². The quantitative estimate of drug-likeness (QED) is 0.729. The van der Waals surface area contributed by atoms with Gasteiger partial charge in [0.25, 0.3) is 5.91 Å². The van der Waals surface area contributed by atoms with Gasteiger partial charge < -0.3 is 19.5 Å². The van der Waals surface area contributed by atoms with E-state index in [1.54, 1.807) is 19.1 Å². The number of hydrogen-bond acceptors (Lipinski definition) is 5. The minimum absolute atomic E-state index is 0.0828. The molecule has 1 aromatic carbocycles. The van der Waals surface area contributed by atoms with E-state index in [1.807, 2.05) is 19.1 Å². The molecule has 0 heterocycles. The predicted octanol–water partition coefficient (Wildman–Crippen LogP) is 1.15. The van der Waals surface area contributed by atoms with Crippen molar-refractivity contribution in [3.05, 3.63) is 29.8 Å². The number of esters is 1. The third-order valence-electron chi connectivity index (χ3n) is 3.03. The lowest BCUT2D eigenvalue weighted by Crippen LogP contribution is -2.40. The van der Waals surface area contributed by atoms with Crippen molar-refractivity contribution in [2.75, 3.05) is 26.8 Å². The number of carbonyl (C=O) groups is 2. The summed E-state index contributed by atoms with van der Waals surface area (Å²) in [6.07, 6.45) is -0.597. The molecule has 0 aliphatic carbocycles. The summed E-state index contributed by atoms with van der Waals surface area (Å²) >= 11 is 0. The topological polar surface area (TPSA) is 76.1 Å². The number of ether oxygens (including phenoxy) is 2. The Bertz CT molecular complexity index is 484. The summed E-state index contributed by atoms with van der Waals surface area (Å²) in [5.41, 5.74) is 1.10. The lowest BCUT2D eigenvalue weighted by Gasteiger charge is -2.23. The van der Waals surface area contributed by atoms with E-state index in [1.165, 1.54) is 12.0 Å². The van der Waals surface area contributed by atoms with Gasteiger partial charge in [0, 0.05) is 13.1 Å². The van der Waals surface area contributed by atoms with E-state index in [0.717, 1.165) is 5.56 Å². The molecule has 0 saturated heterocycles. The fourth-order valence-corrected chi connectivity index (χ4v) is 1.84. The number of aliphatic hydroxyl groups is 1. The Morgan fingerprint density at radius 3 is 2.45 bits per heavy atom. The maximum atomic E-state index is 12.2. The Kier molecular flexibility index (Phi) is 7.39. The summed E-state index contributed by atoms with van der Waals surface area (Å²) in [6, 6.07) is 7.36. The Labute approximate surface area is 130 Å². The Morgan fingerprint density at radius 2 is 1.91 bits per heavy atom. The van der Waals surface area contributed by atoms with Crippen molar-refractivity contribution in [3.63, 3.8) is 0 Å². The maximum absolute atomic E-state index is 12.2. The maximum Gasteiger partial charge on any atom is 0.307 e. The van der Waals surface area contributed by atoms with Crippen molar-refractivity contribution >= 4 is 11.9 Å². The molecule has 0 radical (unpaired) electrons. The number of benzene rings is 1. The minimum atomic E-state index is -0.680. The van der Waals surface area contributed by atoms with Gasteiger partial charge in [-0.05, 0) is 26.0 Å². The number of amides is 1. The van der Waals surface area contributed by atoms with Crippen LogP contribution in [-0.2, 0) is 14.3 Å². The van der Waals surface area contributed by atoms with Crippen LogP contribution in [0.1, 0.15) is 18.9 Å². The number of hydrogen-bond donors (Lipinski definition) is 1. The molecule has 0 saturated carbocycles. The highest BCUT2D eigenvalue weighted by atomic mass is 16.5. The Morgan fingerprint density at radius 1 is 1.27 bits per heavy atom. The van der Waals surface area contributed by atoms with Gasteiger partial charge in [-0.2, -0.15) is 0 Å². The summed E-state index contributed by atoms with van der Waals surface area (Å²) in [6.45, 7) is 3.74. The molecule has 0 fully saturated rings. The van der Waals surface area contributed by atoms with Crippen molar-refractivity contribution in [2.45, 2.75) is 26.4 Å². The average molecular weight is 309 g/mol. The van der Waals surface area contributed by atoms with Crippen molar-refractivity contribution in [3.8, 4) is 5.75 Å². The van der Waals surface area contributed by atoms with Gasteiger partial charge in [-0.3, -0.25) is 9.59 Å². The molecule has 1 aromatic rings. The fourth-order valence-electron chi connectivity index (χ4n) is 1.84. The lowest BCUT2D eigenvalue weighted by atomic mass is 10.2. The van der Waals surface area contributed by atoms with Crippen LogP contribution in [-0.4, -0.2) is 54.8 Å². The van der Waals surface area contributed by atoms with Crippen molar-refractivity contribution in [2.24, 2.45) is 0 Å². The molecule has 1 unspecified atom stereocenters. The summed E-state index contributed by atoms with van der Waals surface area (Å²) in [4.78, 5) is 24.7. The van der Waals surface area contributed by atoms with Crippen LogP contribution in [0.2, 0.25) is 0 Å². The second kappa shape index (κ2) is 9.04. The van der Waals surface area contributed by atoms with Gasteiger partial charge in [0.1, 0.15) is 5.75 Å². The number of methoxy groups -OCH3 is 1. The van der Waals surface area contributed by atoms with Gasteiger partial charge >= 0.3 is 5.97 Å². The molecule has 1 N–H and O–H groups in total. The standard InChI is InChI=1S/C16H23NO5/c1-12-4-6-14(7-5-12)22-11-15(19)17(10-13(2)18)9-8-16(20)21-3/h4-7,13,18H,8-11H2,1-3H3. The summed E-state index contributed by atoms with van der Waals surface area (Å²) < 4.78 is 9.98. The first-order valence-corrected chi connectivity index (χ1v) is 7.14. The molecular formula is C16H23NO5. The van der Waals surface area contributed by atoms with Crippen molar-refractivity contribution in [1.29, 1.82) is 0 Å². The van der Waals surface area contributed by atoms with Crippen LogP contribution >= 0.6 is 0 Å². The lowest BCUT2D eigenvalue weighted by molar-refractivity contribution is -0.142. The van der Waals surface area contributed by atoms with Gasteiger partial charge in [-0.1, -0.05) is 17.7 Å². The summed E-state index contributed by atoms with van der Waals surface area (Å²) in [7, 11) is 1.30. The number of aryl methyl sites for hydroxylation is 1.